The summed E-state index contributed by atoms with van der Waals surface area (Å²) < 4.78 is 28.7. The number of pyridine rings is 1. The number of benzene rings is 2. The monoisotopic (exact) mass is 514 g/mol. The molecule has 2 aliphatic heterocycles. The largest absolute Gasteiger partial charge is 0.497 e. The molecule has 0 unspecified atom stereocenters. The van der Waals surface area contributed by atoms with Crippen molar-refractivity contribution in [3.8, 4) is 40.9 Å². The molecule has 1 saturated heterocycles. The Morgan fingerprint density at radius 3 is 2.71 bits per heavy atom. The van der Waals surface area contributed by atoms with Crippen LogP contribution in [0.1, 0.15) is 30.4 Å². The summed E-state index contributed by atoms with van der Waals surface area (Å²) in [5.74, 6) is 8.59. The molecule has 0 atom stereocenters. The van der Waals surface area contributed by atoms with Gasteiger partial charge in [-0.1, -0.05) is 11.8 Å². The predicted molar refractivity (Wildman–Crippen MR) is 143 cm³/mol. The number of hydrogen-bond acceptors (Lipinski definition) is 9. The SMILES string of the molecule is COCCC#Cc1ccc(Nc2c(C#N)cnc3cc(OC)cc(OC4CCN(C)CC4)c23)c2c1OCO2. The normalized spacial score (nSPS) is 15.0. The van der Waals surface area contributed by atoms with Crippen molar-refractivity contribution in [1.29, 1.82) is 5.26 Å². The Balaban J connectivity index is 1.57. The average molecular weight is 515 g/mol. The number of aromatic nitrogens is 1. The van der Waals surface area contributed by atoms with Crippen LogP contribution in [0.4, 0.5) is 11.4 Å². The van der Waals surface area contributed by atoms with Gasteiger partial charge in [-0.25, -0.2) is 0 Å². The maximum atomic E-state index is 9.99. The number of hydrogen-bond donors (Lipinski definition) is 1. The third-order valence-electron chi connectivity index (χ3n) is 6.65. The Morgan fingerprint density at radius 1 is 1.13 bits per heavy atom. The van der Waals surface area contributed by atoms with E-state index < -0.39 is 0 Å². The van der Waals surface area contributed by atoms with Crippen LogP contribution < -0.4 is 24.3 Å². The lowest BCUT2D eigenvalue weighted by molar-refractivity contribution is 0.115. The van der Waals surface area contributed by atoms with Crippen molar-refractivity contribution < 1.29 is 23.7 Å². The molecule has 5 rings (SSSR count). The van der Waals surface area contributed by atoms with Crippen LogP contribution in [0, 0.1) is 23.2 Å². The summed E-state index contributed by atoms with van der Waals surface area (Å²) in [6.45, 7) is 2.57. The quantitative estimate of drug-likeness (QED) is 0.362. The molecule has 0 amide bonds. The zero-order valence-electron chi connectivity index (χ0n) is 21.8. The van der Waals surface area contributed by atoms with Gasteiger partial charge in [-0.05, 0) is 32.0 Å². The third kappa shape index (κ3) is 5.26. The minimum Gasteiger partial charge on any atom is -0.497 e. The molecule has 3 aromatic rings. The fraction of sp³-hybridized carbons (Fsp3) is 0.379. The smallest absolute Gasteiger partial charge is 0.231 e. The highest BCUT2D eigenvalue weighted by Gasteiger charge is 2.25. The number of fused-ring (bicyclic) bond motifs is 2. The van der Waals surface area contributed by atoms with E-state index in [-0.39, 0.29) is 12.9 Å². The summed E-state index contributed by atoms with van der Waals surface area (Å²) in [5, 5.41) is 14.1. The summed E-state index contributed by atoms with van der Waals surface area (Å²) in [6, 6.07) is 9.72. The Bertz CT molecular complexity index is 1430. The van der Waals surface area contributed by atoms with Gasteiger partial charge in [0.15, 0.2) is 11.5 Å². The lowest BCUT2D eigenvalue weighted by Gasteiger charge is -2.30. The molecule has 0 aliphatic carbocycles. The van der Waals surface area contributed by atoms with Crippen LogP contribution in [0.3, 0.4) is 0 Å². The lowest BCUT2D eigenvalue weighted by atomic mass is 10.1. The molecule has 1 aromatic heterocycles. The standard InChI is InChI=1S/C29H30N4O5/c1-33-11-9-21(10-12-33)38-25-15-22(35-3)14-24-26(25)27(20(16-30)17-31-24)32-23-8-7-19(6-4-5-13-34-2)28-29(23)37-18-36-28/h7-8,14-15,17,21H,5,9-13,18H2,1-3H3,(H,31,32). The Labute approximate surface area is 222 Å². The second-order valence-corrected chi connectivity index (χ2v) is 9.19. The van der Waals surface area contributed by atoms with Crippen LogP contribution in [0.2, 0.25) is 0 Å². The first kappa shape index (κ1) is 25.5. The summed E-state index contributed by atoms with van der Waals surface area (Å²) in [6.07, 6.45) is 4.04. The number of ether oxygens (including phenoxy) is 5. The zero-order valence-corrected chi connectivity index (χ0v) is 21.8. The minimum absolute atomic E-state index is 0.0528. The van der Waals surface area contributed by atoms with Gasteiger partial charge in [0.1, 0.15) is 23.7 Å². The molecule has 3 heterocycles. The second-order valence-electron chi connectivity index (χ2n) is 9.19. The first-order valence-electron chi connectivity index (χ1n) is 12.5. The van der Waals surface area contributed by atoms with E-state index in [0.29, 0.717) is 63.9 Å². The molecule has 9 heteroatoms. The summed E-state index contributed by atoms with van der Waals surface area (Å²) in [4.78, 5) is 6.84. The van der Waals surface area contributed by atoms with Crippen molar-refractivity contribution in [3.05, 3.63) is 41.6 Å². The van der Waals surface area contributed by atoms with Gasteiger partial charge in [-0.15, -0.1) is 0 Å². The maximum absolute atomic E-state index is 9.99. The predicted octanol–water partition coefficient (Wildman–Crippen LogP) is 4.45. The van der Waals surface area contributed by atoms with E-state index in [1.54, 1.807) is 20.4 Å². The maximum Gasteiger partial charge on any atom is 0.231 e. The van der Waals surface area contributed by atoms with Gasteiger partial charge in [-0.2, -0.15) is 5.26 Å². The summed E-state index contributed by atoms with van der Waals surface area (Å²) in [5.41, 5.74) is 3.01. The minimum atomic E-state index is 0.0528. The van der Waals surface area contributed by atoms with Crippen molar-refractivity contribution >= 4 is 22.3 Å². The van der Waals surface area contributed by atoms with Gasteiger partial charge < -0.3 is 33.9 Å². The van der Waals surface area contributed by atoms with E-state index in [9.17, 15) is 5.26 Å². The van der Waals surface area contributed by atoms with Crippen LogP contribution in [0.15, 0.2) is 30.5 Å². The van der Waals surface area contributed by atoms with E-state index in [1.807, 2.05) is 24.3 Å². The Hall–Kier alpha value is -4.18. The van der Waals surface area contributed by atoms with Crippen molar-refractivity contribution in [1.82, 2.24) is 9.88 Å². The van der Waals surface area contributed by atoms with Gasteiger partial charge >= 0.3 is 0 Å². The van der Waals surface area contributed by atoms with Crippen LogP contribution in [-0.2, 0) is 4.74 Å². The molecule has 0 saturated carbocycles. The number of methoxy groups -OCH3 is 2. The second kappa shape index (κ2) is 11.5. The highest BCUT2D eigenvalue weighted by atomic mass is 16.7. The topological polar surface area (TPSA) is 98.1 Å². The molecular weight excluding hydrogens is 484 g/mol. The van der Waals surface area contributed by atoms with Gasteiger partial charge in [0.25, 0.3) is 0 Å². The van der Waals surface area contributed by atoms with Gasteiger partial charge in [0.05, 0.1) is 47.1 Å². The average Bonchev–Trinajstić information content (AvgIpc) is 3.44. The van der Waals surface area contributed by atoms with E-state index in [4.69, 9.17) is 23.7 Å². The molecular formula is C29H30N4O5. The molecule has 1 fully saturated rings. The molecule has 2 aromatic carbocycles. The first-order chi connectivity index (χ1) is 18.6. The number of nitrogens with zero attached hydrogens (tertiary/aromatic N) is 3. The molecule has 196 valence electrons. The van der Waals surface area contributed by atoms with E-state index in [0.717, 1.165) is 31.5 Å². The fourth-order valence-electron chi connectivity index (χ4n) is 4.61. The van der Waals surface area contributed by atoms with Crippen molar-refractivity contribution in [2.45, 2.75) is 25.4 Å². The third-order valence-corrected chi connectivity index (χ3v) is 6.65. The lowest BCUT2D eigenvalue weighted by Crippen LogP contribution is -2.35. The Kier molecular flexibility index (Phi) is 7.69. The van der Waals surface area contributed by atoms with E-state index >= 15 is 0 Å². The van der Waals surface area contributed by atoms with Crippen molar-refractivity contribution in [3.63, 3.8) is 0 Å². The van der Waals surface area contributed by atoms with E-state index in [1.165, 1.54) is 0 Å². The molecule has 9 nitrogen and oxygen atoms in total. The first-order valence-corrected chi connectivity index (χ1v) is 12.5. The van der Waals surface area contributed by atoms with Crippen molar-refractivity contribution in [2.24, 2.45) is 0 Å². The van der Waals surface area contributed by atoms with Crippen LogP contribution in [0.25, 0.3) is 10.9 Å². The van der Waals surface area contributed by atoms with Gasteiger partial charge in [0, 0.05) is 44.9 Å². The number of rotatable bonds is 7. The zero-order chi connectivity index (χ0) is 26.5. The van der Waals surface area contributed by atoms with Crippen LogP contribution in [0.5, 0.6) is 23.0 Å². The number of nitriles is 1. The summed E-state index contributed by atoms with van der Waals surface area (Å²) in [7, 11) is 5.38. The molecule has 0 radical (unpaired) electrons. The number of piperidine rings is 1. The van der Waals surface area contributed by atoms with E-state index in [2.05, 4.69) is 40.2 Å². The molecule has 2 aliphatic rings. The molecule has 0 spiro atoms. The van der Waals surface area contributed by atoms with Crippen molar-refractivity contribution in [2.75, 3.05) is 53.1 Å². The van der Waals surface area contributed by atoms with Crippen LogP contribution in [-0.4, -0.2) is 63.7 Å². The number of anilines is 2. The number of likely N-dealkylation sites (tertiary alicyclic amines) is 1. The molecule has 0 bridgehead atoms. The summed E-state index contributed by atoms with van der Waals surface area (Å²) >= 11 is 0. The van der Waals surface area contributed by atoms with Crippen LogP contribution >= 0.6 is 0 Å². The number of nitrogens with one attached hydrogen (secondary N) is 1. The molecule has 38 heavy (non-hydrogen) atoms. The Morgan fingerprint density at radius 2 is 1.95 bits per heavy atom. The highest BCUT2D eigenvalue weighted by Crippen LogP contribution is 2.45. The van der Waals surface area contributed by atoms with Gasteiger partial charge in [0.2, 0.25) is 6.79 Å². The van der Waals surface area contributed by atoms with Gasteiger partial charge in [-0.3, -0.25) is 4.98 Å². The molecule has 1 N–H and O–H groups in total. The highest BCUT2D eigenvalue weighted by molar-refractivity contribution is 6.01. The fourth-order valence-corrected chi connectivity index (χ4v) is 4.61.